The van der Waals surface area contributed by atoms with E-state index in [0.717, 1.165) is 0 Å². The van der Waals surface area contributed by atoms with E-state index in [2.05, 4.69) is 10.0 Å². The zero-order valence-corrected chi connectivity index (χ0v) is 16.9. The van der Waals surface area contributed by atoms with Gasteiger partial charge in [0.15, 0.2) is 0 Å². The lowest BCUT2D eigenvalue weighted by Gasteiger charge is -2.13. The third-order valence-electron chi connectivity index (χ3n) is 4.10. The number of hydrogen-bond donors (Lipinski definition) is 2. The smallest absolute Gasteiger partial charge is 0.338 e. The first kappa shape index (κ1) is 21.1. The van der Waals surface area contributed by atoms with Crippen molar-refractivity contribution in [1.82, 2.24) is 5.32 Å². The molecule has 3 rings (SSSR count). The van der Waals surface area contributed by atoms with E-state index in [-0.39, 0.29) is 34.9 Å². The fraction of sp³-hybridized carbons (Fsp3) is 0.143. The Balaban J connectivity index is 1.76. The van der Waals surface area contributed by atoms with Gasteiger partial charge in [0.25, 0.3) is 15.9 Å². The number of ether oxygens (including phenoxy) is 1. The van der Waals surface area contributed by atoms with Crippen molar-refractivity contribution in [3.8, 4) is 0 Å². The molecule has 0 spiro atoms. The molecule has 0 aliphatic carbocycles. The third kappa shape index (κ3) is 5.06. The Hall–Kier alpha value is -3.59. The van der Waals surface area contributed by atoms with Crippen LogP contribution in [0.1, 0.15) is 33.4 Å². The van der Waals surface area contributed by atoms with E-state index < -0.39 is 21.9 Å². The number of amides is 1. The minimum absolute atomic E-state index is 0.0543. The molecule has 2 aromatic carbocycles. The summed E-state index contributed by atoms with van der Waals surface area (Å²) in [5.74, 6) is -0.418. The van der Waals surface area contributed by atoms with Crippen LogP contribution >= 0.6 is 0 Å². The Morgan fingerprint density at radius 2 is 1.73 bits per heavy atom. The van der Waals surface area contributed by atoms with Crippen LogP contribution in [0.25, 0.3) is 0 Å². The van der Waals surface area contributed by atoms with Crippen molar-refractivity contribution in [2.24, 2.45) is 0 Å². The molecule has 0 bridgehead atoms. The van der Waals surface area contributed by atoms with Gasteiger partial charge >= 0.3 is 5.97 Å². The molecule has 2 N–H and O–H groups in total. The molecule has 0 atom stereocenters. The summed E-state index contributed by atoms with van der Waals surface area (Å²) < 4.78 is 38.0. The van der Waals surface area contributed by atoms with Crippen LogP contribution in [-0.4, -0.2) is 26.9 Å². The van der Waals surface area contributed by atoms with Crippen molar-refractivity contribution in [3.05, 3.63) is 83.8 Å². The summed E-state index contributed by atoms with van der Waals surface area (Å²) in [6.45, 7) is 2.07. The van der Waals surface area contributed by atoms with Gasteiger partial charge in [0.2, 0.25) is 0 Å². The van der Waals surface area contributed by atoms with Crippen molar-refractivity contribution in [2.75, 3.05) is 11.3 Å². The van der Waals surface area contributed by atoms with Crippen molar-refractivity contribution in [1.29, 1.82) is 0 Å². The van der Waals surface area contributed by atoms with E-state index in [0.29, 0.717) is 5.76 Å². The fourth-order valence-electron chi connectivity index (χ4n) is 2.63. The highest BCUT2D eigenvalue weighted by Crippen LogP contribution is 2.21. The summed E-state index contributed by atoms with van der Waals surface area (Å²) in [4.78, 5) is 24.2. The van der Waals surface area contributed by atoms with Gasteiger partial charge in [-0.3, -0.25) is 9.52 Å². The fourth-order valence-corrected chi connectivity index (χ4v) is 3.71. The Bertz CT molecular complexity index is 1120. The number of benzene rings is 2. The zero-order valence-electron chi connectivity index (χ0n) is 16.1. The highest BCUT2D eigenvalue weighted by Gasteiger charge is 2.19. The number of esters is 1. The Labute approximate surface area is 173 Å². The Kier molecular flexibility index (Phi) is 6.53. The second kappa shape index (κ2) is 9.27. The molecule has 9 heteroatoms. The monoisotopic (exact) mass is 428 g/mol. The van der Waals surface area contributed by atoms with Crippen molar-refractivity contribution < 1.29 is 27.2 Å². The highest BCUT2D eigenvalue weighted by atomic mass is 32.2. The van der Waals surface area contributed by atoms with E-state index in [1.807, 2.05) is 0 Å². The molecule has 0 fully saturated rings. The van der Waals surface area contributed by atoms with Gasteiger partial charge in [0.1, 0.15) is 5.76 Å². The van der Waals surface area contributed by atoms with Gasteiger partial charge < -0.3 is 14.5 Å². The molecule has 8 nitrogen and oxygen atoms in total. The van der Waals surface area contributed by atoms with Gasteiger partial charge in [0, 0.05) is 0 Å². The quantitative estimate of drug-likeness (QED) is 0.533. The first-order valence-electron chi connectivity index (χ1n) is 9.10. The number of nitrogens with one attached hydrogen (secondary N) is 2. The summed E-state index contributed by atoms with van der Waals surface area (Å²) in [5.41, 5.74) is 0.535. The van der Waals surface area contributed by atoms with Gasteiger partial charge in [-0.1, -0.05) is 12.1 Å². The maximum atomic E-state index is 12.8. The van der Waals surface area contributed by atoms with Crippen LogP contribution in [0.3, 0.4) is 0 Å². The molecule has 1 aromatic heterocycles. The second-order valence-corrected chi connectivity index (χ2v) is 7.84. The van der Waals surface area contributed by atoms with Gasteiger partial charge in [-0.05, 0) is 55.5 Å². The summed E-state index contributed by atoms with van der Waals surface area (Å²) in [6, 6.07) is 15.0. The predicted octanol–water partition coefficient (Wildman–Crippen LogP) is 3.19. The summed E-state index contributed by atoms with van der Waals surface area (Å²) in [5, 5.41) is 2.68. The Morgan fingerprint density at radius 1 is 1.00 bits per heavy atom. The maximum Gasteiger partial charge on any atom is 0.338 e. The molecule has 0 saturated carbocycles. The minimum Gasteiger partial charge on any atom is -0.467 e. The average Bonchev–Trinajstić information content (AvgIpc) is 3.26. The molecule has 0 radical (unpaired) electrons. The number of anilines is 1. The maximum absolute atomic E-state index is 12.8. The summed E-state index contributed by atoms with van der Waals surface area (Å²) in [7, 11) is -3.98. The van der Waals surface area contributed by atoms with Crippen LogP contribution < -0.4 is 10.0 Å². The number of sulfonamides is 1. The molecule has 0 saturated heterocycles. The number of rotatable bonds is 8. The van der Waals surface area contributed by atoms with E-state index in [4.69, 9.17) is 9.15 Å². The number of para-hydroxylation sites is 1. The molecule has 1 heterocycles. The lowest BCUT2D eigenvalue weighted by molar-refractivity contribution is 0.0526. The summed E-state index contributed by atoms with van der Waals surface area (Å²) in [6.07, 6.45) is 1.50. The molecular formula is C21H20N2O6S. The van der Waals surface area contributed by atoms with Gasteiger partial charge in [-0.15, -0.1) is 0 Å². The number of hydrogen-bond acceptors (Lipinski definition) is 6. The lowest BCUT2D eigenvalue weighted by Crippen LogP contribution is -2.24. The SMILES string of the molecule is CCOC(=O)c1ccc(S(=O)(=O)Nc2ccccc2C(=O)NCc2ccco2)cc1. The molecule has 0 aliphatic heterocycles. The molecule has 0 aliphatic rings. The molecular weight excluding hydrogens is 408 g/mol. The molecule has 30 heavy (non-hydrogen) atoms. The molecule has 156 valence electrons. The van der Waals surface area contributed by atoms with E-state index >= 15 is 0 Å². The summed E-state index contributed by atoms with van der Waals surface area (Å²) >= 11 is 0. The highest BCUT2D eigenvalue weighted by molar-refractivity contribution is 7.92. The van der Waals surface area contributed by atoms with Crippen LogP contribution in [0, 0.1) is 0 Å². The molecule has 1 amide bonds. The number of carbonyl (C=O) groups excluding carboxylic acids is 2. The number of carbonyl (C=O) groups is 2. The van der Waals surface area contributed by atoms with Crippen LogP contribution in [0.5, 0.6) is 0 Å². The Morgan fingerprint density at radius 3 is 2.40 bits per heavy atom. The predicted molar refractivity (Wildman–Crippen MR) is 110 cm³/mol. The van der Waals surface area contributed by atoms with Gasteiger partial charge in [-0.25, -0.2) is 13.2 Å². The number of furan rings is 1. The third-order valence-corrected chi connectivity index (χ3v) is 5.48. The normalized spacial score (nSPS) is 11.0. The largest absolute Gasteiger partial charge is 0.467 e. The van der Waals surface area contributed by atoms with E-state index in [1.54, 1.807) is 31.2 Å². The molecule has 3 aromatic rings. The van der Waals surface area contributed by atoms with Crippen LogP contribution in [0.4, 0.5) is 5.69 Å². The van der Waals surface area contributed by atoms with E-state index in [9.17, 15) is 18.0 Å². The van der Waals surface area contributed by atoms with Crippen molar-refractivity contribution in [2.45, 2.75) is 18.4 Å². The van der Waals surface area contributed by atoms with Gasteiger partial charge in [-0.2, -0.15) is 0 Å². The van der Waals surface area contributed by atoms with Crippen molar-refractivity contribution >= 4 is 27.6 Å². The second-order valence-electron chi connectivity index (χ2n) is 6.16. The van der Waals surface area contributed by atoms with Crippen LogP contribution in [0.2, 0.25) is 0 Å². The standard InChI is InChI=1S/C21H20N2O6S/c1-2-28-21(25)15-9-11-17(12-10-15)30(26,27)23-19-8-4-3-7-18(19)20(24)22-14-16-6-5-13-29-16/h3-13,23H,2,14H2,1H3,(H,22,24). The first-order chi connectivity index (χ1) is 14.4. The minimum atomic E-state index is -3.98. The topological polar surface area (TPSA) is 115 Å². The van der Waals surface area contributed by atoms with E-state index in [1.165, 1.54) is 42.7 Å². The lowest BCUT2D eigenvalue weighted by atomic mass is 10.1. The molecule has 0 unspecified atom stereocenters. The first-order valence-corrected chi connectivity index (χ1v) is 10.6. The zero-order chi connectivity index (χ0) is 21.6. The average molecular weight is 428 g/mol. The van der Waals surface area contributed by atoms with Crippen LogP contribution in [-0.2, 0) is 21.3 Å². The van der Waals surface area contributed by atoms with Crippen molar-refractivity contribution in [3.63, 3.8) is 0 Å². The van der Waals surface area contributed by atoms with Crippen LogP contribution in [0.15, 0.2) is 76.2 Å². The van der Waals surface area contributed by atoms with Gasteiger partial charge in [0.05, 0.1) is 41.1 Å².